The standard InChI is InChI=1S/C8H11NO2S/c1-10-5-6-11-7-3-2-4-8(12)9-7/h2-4H,5-6H2,1H3,(H,9,12). The fourth-order valence-electron chi connectivity index (χ4n) is 0.747. The Hall–Kier alpha value is -0.870. The lowest BCUT2D eigenvalue weighted by Crippen LogP contribution is -2.05. The van der Waals surface area contributed by atoms with Gasteiger partial charge in [-0.15, -0.1) is 0 Å². The quantitative estimate of drug-likeness (QED) is 0.573. The number of H-pyrrole nitrogens is 1. The Kier molecular flexibility index (Phi) is 3.76. The molecule has 0 unspecified atom stereocenters. The van der Waals surface area contributed by atoms with Gasteiger partial charge in [0.1, 0.15) is 11.2 Å². The van der Waals surface area contributed by atoms with E-state index >= 15 is 0 Å². The fraction of sp³-hybridized carbons (Fsp3) is 0.375. The molecule has 0 spiro atoms. The maximum atomic E-state index is 5.28. The normalized spacial score (nSPS) is 9.75. The number of pyridine rings is 1. The lowest BCUT2D eigenvalue weighted by atomic mass is 10.5. The van der Waals surface area contributed by atoms with Crippen LogP contribution in [0, 0.1) is 4.64 Å². The zero-order valence-electron chi connectivity index (χ0n) is 6.87. The van der Waals surface area contributed by atoms with Gasteiger partial charge in [0.25, 0.3) is 0 Å². The van der Waals surface area contributed by atoms with E-state index in [0.29, 0.717) is 23.7 Å². The Bertz CT molecular complexity index is 284. The highest BCUT2D eigenvalue weighted by Crippen LogP contribution is 2.03. The van der Waals surface area contributed by atoms with E-state index in [4.69, 9.17) is 21.7 Å². The van der Waals surface area contributed by atoms with E-state index < -0.39 is 0 Å². The van der Waals surface area contributed by atoms with E-state index in [2.05, 4.69) is 4.98 Å². The average Bonchev–Trinajstić information content (AvgIpc) is 2.05. The monoisotopic (exact) mass is 185 g/mol. The average molecular weight is 185 g/mol. The van der Waals surface area contributed by atoms with E-state index in [0.717, 1.165) is 0 Å². The molecule has 1 aromatic rings. The molecule has 0 saturated carbocycles. The minimum atomic E-state index is 0.534. The maximum Gasteiger partial charge on any atom is 0.191 e. The Balaban J connectivity index is 2.47. The SMILES string of the molecule is COCCOc1cccc(=S)[nH]1. The molecule has 0 saturated heterocycles. The predicted octanol–water partition coefficient (Wildman–Crippen LogP) is 1.77. The third-order valence-electron chi connectivity index (χ3n) is 1.29. The molecule has 0 aliphatic rings. The van der Waals surface area contributed by atoms with Gasteiger partial charge in [-0.05, 0) is 12.1 Å². The second kappa shape index (κ2) is 4.90. The highest BCUT2D eigenvalue weighted by Gasteiger charge is 1.90. The summed E-state index contributed by atoms with van der Waals surface area (Å²) in [4.78, 5) is 2.90. The van der Waals surface area contributed by atoms with Crippen molar-refractivity contribution < 1.29 is 9.47 Å². The molecule has 0 aliphatic heterocycles. The summed E-state index contributed by atoms with van der Waals surface area (Å²) >= 11 is 4.91. The number of aromatic amines is 1. The third-order valence-corrected chi connectivity index (χ3v) is 1.52. The number of hydrogen-bond acceptors (Lipinski definition) is 3. The molecule has 1 N–H and O–H groups in total. The summed E-state index contributed by atoms with van der Waals surface area (Å²) in [5, 5.41) is 0. The van der Waals surface area contributed by atoms with Crippen molar-refractivity contribution in [3.05, 3.63) is 22.8 Å². The van der Waals surface area contributed by atoms with Gasteiger partial charge in [0, 0.05) is 7.11 Å². The molecule has 3 nitrogen and oxygen atoms in total. The van der Waals surface area contributed by atoms with Crippen LogP contribution < -0.4 is 4.74 Å². The van der Waals surface area contributed by atoms with Gasteiger partial charge in [-0.3, -0.25) is 0 Å². The maximum absolute atomic E-state index is 5.28. The molecule has 0 fully saturated rings. The first-order valence-electron chi connectivity index (χ1n) is 3.64. The van der Waals surface area contributed by atoms with Crippen LogP contribution in [0.1, 0.15) is 0 Å². The van der Waals surface area contributed by atoms with Crippen LogP contribution in [0.15, 0.2) is 18.2 Å². The number of methoxy groups -OCH3 is 1. The second-order valence-electron chi connectivity index (χ2n) is 2.22. The van der Waals surface area contributed by atoms with Crippen LogP contribution in [0.2, 0.25) is 0 Å². The summed E-state index contributed by atoms with van der Waals surface area (Å²) in [5.74, 6) is 0.680. The molecule has 1 aromatic heterocycles. The molecule has 0 bridgehead atoms. The summed E-state index contributed by atoms with van der Waals surface area (Å²) in [6.07, 6.45) is 0. The van der Waals surface area contributed by atoms with Crippen molar-refractivity contribution in [1.29, 1.82) is 0 Å². The van der Waals surface area contributed by atoms with Crippen molar-refractivity contribution in [3.63, 3.8) is 0 Å². The first kappa shape index (κ1) is 9.22. The van der Waals surface area contributed by atoms with Gasteiger partial charge in [0.05, 0.1) is 6.61 Å². The third kappa shape index (κ3) is 3.02. The molecule has 66 valence electrons. The van der Waals surface area contributed by atoms with Crippen LogP contribution in [0.5, 0.6) is 5.88 Å². The van der Waals surface area contributed by atoms with E-state index in [1.54, 1.807) is 13.2 Å². The number of rotatable bonds is 4. The smallest absolute Gasteiger partial charge is 0.191 e. The summed E-state index contributed by atoms with van der Waals surface area (Å²) in [6, 6.07) is 5.48. The first-order chi connectivity index (χ1) is 5.83. The van der Waals surface area contributed by atoms with Crippen LogP contribution in [-0.2, 0) is 4.74 Å². The second-order valence-corrected chi connectivity index (χ2v) is 2.66. The number of hydrogen-bond donors (Lipinski definition) is 1. The van der Waals surface area contributed by atoms with Gasteiger partial charge in [-0.1, -0.05) is 18.3 Å². The van der Waals surface area contributed by atoms with Crippen molar-refractivity contribution in [2.24, 2.45) is 0 Å². The van der Waals surface area contributed by atoms with Gasteiger partial charge in [-0.25, -0.2) is 0 Å². The minimum absolute atomic E-state index is 0.534. The Morgan fingerprint density at radius 3 is 2.92 bits per heavy atom. The summed E-state index contributed by atoms with van der Waals surface area (Å²) in [7, 11) is 1.64. The summed E-state index contributed by atoms with van der Waals surface area (Å²) in [5.41, 5.74) is 0. The van der Waals surface area contributed by atoms with Gasteiger partial charge < -0.3 is 14.5 Å². The Morgan fingerprint density at radius 1 is 1.42 bits per heavy atom. The van der Waals surface area contributed by atoms with E-state index in [9.17, 15) is 0 Å². The van der Waals surface area contributed by atoms with Crippen LogP contribution in [-0.4, -0.2) is 25.3 Å². The van der Waals surface area contributed by atoms with Crippen LogP contribution in [0.3, 0.4) is 0 Å². The molecule has 0 amide bonds. The molecule has 1 rings (SSSR count). The zero-order valence-corrected chi connectivity index (χ0v) is 7.69. The zero-order chi connectivity index (χ0) is 8.81. The van der Waals surface area contributed by atoms with Gasteiger partial charge in [0.2, 0.25) is 0 Å². The number of nitrogens with one attached hydrogen (secondary N) is 1. The van der Waals surface area contributed by atoms with Crippen molar-refractivity contribution in [2.45, 2.75) is 0 Å². The van der Waals surface area contributed by atoms with Crippen molar-refractivity contribution in [2.75, 3.05) is 20.3 Å². The van der Waals surface area contributed by atoms with E-state index in [1.807, 2.05) is 12.1 Å². The number of ether oxygens (including phenoxy) is 2. The van der Waals surface area contributed by atoms with E-state index in [-0.39, 0.29) is 0 Å². The van der Waals surface area contributed by atoms with Crippen LogP contribution in [0.4, 0.5) is 0 Å². The molecule has 0 atom stereocenters. The highest BCUT2D eigenvalue weighted by atomic mass is 32.1. The molecular formula is C8H11NO2S. The van der Waals surface area contributed by atoms with Gasteiger partial charge >= 0.3 is 0 Å². The predicted molar refractivity (Wildman–Crippen MR) is 49.0 cm³/mol. The van der Waals surface area contributed by atoms with Crippen molar-refractivity contribution in [3.8, 4) is 5.88 Å². The first-order valence-corrected chi connectivity index (χ1v) is 4.05. The highest BCUT2D eigenvalue weighted by molar-refractivity contribution is 7.71. The van der Waals surface area contributed by atoms with E-state index in [1.165, 1.54) is 0 Å². The molecule has 4 heteroatoms. The largest absolute Gasteiger partial charge is 0.476 e. The molecule has 1 heterocycles. The number of aromatic nitrogens is 1. The summed E-state index contributed by atoms with van der Waals surface area (Å²) in [6.45, 7) is 1.11. The fourth-order valence-corrected chi connectivity index (χ4v) is 0.926. The lowest BCUT2D eigenvalue weighted by molar-refractivity contribution is 0.143. The van der Waals surface area contributed by atoms with Crippen LogP contribution in [0.25, 0.3) is 0 Å². The molecule has 0 aromatic carbocycles. The topological polar surface area (TPSA) is 34.2 Å². The summed E-state index contributed by atoms with van der Waals surface area (Å²) < 4.78 is 10.8. The van der Waals surface area contributed by atoms with Gasteiger partial charge in [-0.2, -0.15) is 0 Å². The van der Waals surface area contributed by atoms with Crippen LogP contribution >= 0.6 is 12.2 Å². The van der Waals surface area contributed by atoms with Crippen molar-refractivity contribution >= 4 is 12.2 Å². The molecular weight excluding hydrogens is 174 g/mol. The lowest BCUT2D eigenvalue weighted by Gasteiger charge is -2.03. The Labute approximate surface area is 76.3 Å². The molecule has 0 aliphatic carbocycles. The van der Waals surface area contributed by atoms with Crippen molar-refractivity contribution in [1.82, 2.24) is 4.98 Å². The van der Waals surface area contributed by atoms with Gasteiger partial charge in [0.15, 0.2) is 5.88 Å². The molecule has 12 heavy (non-hydrogen) atoms. The molecule has 0 radical (unpaired) electrons. The Morgan fingerprint density at radius 2 is 2.25 bits per heavy atom. The minimum Gasteiger partial charge on any atom is -0.476 e.